The Labute approximate surface area is 98.4 Å². The molecule has 0 amide bonds. The zero-order valence-electron chi connectivity index (χ0n) is 10.3. The molecule has 16 heavy (non-hydrogen) atoms. The second-order valence-corrected chi connectivity index (χ2v) is 5.17. The first-order valence-corrected chi connectivity index (χ1v) is 6.27. The number of hydrazine groups is 1. The predicted octanol–water partition coefficient (Wildman–Crippen LogP) is 0.174. The predicted molar refractivity (Wildman–Crippen MR) is 67.0 cm³/mol. The van der Waals surface area contributed by atoms with E-state index in [1.54, 1.807) is 0 Å². The van der Waals surface area contributed by atoms with Gasteiger partial charge in [-0.3, -0.25) is 21.1 Å². The third-order valence-corrected chi connectivity index (χ3v) is 3.88. The van der Waals surface area contributed by atoms with Crippen LogP contribution in [0.5, 0.6) is 0 Å². The molecule has 0 aromatic heterocycles. The fourth-order valence-corrected chi connectivity index (χ4v) is 2.83. The maximum absolute atomic E-state index is 5.70. The summed E-state index contributed by atoms with van der Waals surface area (Å²) in [4.78, 5) is 5.14. The van der Waals surface area contributed by atoms with E-state index < -0.39 is 0 Å². The van der Waals surface area contributed by atoms with Gasteiger partial charge in [0.1, 0.15) is 0 Å². The fourth-order valence-electron chi connectivity index (χ4n) is 2.83. The molecule has 3 rings (SSSR count). The Morgan fingerprint density at radius 2 is 2.12 bits per heavy atom. The molecule has 92 valence electrons. The van der Waals surface area contributed by atoms with Gasteiger partial charge < -0.3 is 0 Å². The van der Waals surface area contributed by atoms with Gasteiger partial charge in [0.2, 0.25) is 0 Å². The molecule has 3 heterocycles. The second-order valence-electron chi connectivity index (χ2n) is 5.17. The van der Waals surface area contributed by atoms with E-state index in [9.17, 15) is 0 Å². The molecule has 0 aromatic rings. The molecule has 0 aromatic carbocycles. The van der Waals surface area contributed by atoms with Crippen molar-refractivity contribution in [1.82, 2.24) is 15.2 Å². The number of nitrogens with one attached hydrogen (secondary N) is 1. The van der Waals surface area contributed by atoms with Gasteiger partial charge >= 0.3 is 0 Å². The van der Waals surface area contributed by atoms with Gasteiger partial charge in [-0.15, -0.1) is 6.58 Å². The van der Waals surface area contributed by atoms with Gasteiger partial charge in [0.25, 0.3) is 0 Å². The zero-order chi connectivity index (χ0) is 11.5. The number of fused-ring (bicyclic) bond motifs is 3. The lowest BCUT2D eigenvalue weighted by molar-refractivity contribution is -0.00442. The number of rotatable bonds is 5. The minimum atomic E-state index is 0.403. The molecule has 3 fully saturated rings. The van der Waals surface area contributed by atoms with Crippen molar-refractivity contribution >= 4 is 0 Å². The summed E-state index contributed by atoms with van der Waals surface area (Å²) < 4.78 is 0. The minimum absolute atomic E-state index is 0.403. The third kappa shape index (κ3) is 2.63. The summed E-state index contributed by atoms with van der Waals surface area (Å²) in [6.07, 6.45) is 2.17. The van der Waals surface area contributed by atoms with Gasteiger partial charge in [0, 0.05) is 44.8 Å². The Kier molecular flexibility index (Phi) is 3.97. The van der Waals surface area contributed by atoms with Gasteiger partial charge in [0.05, 0.1) is 0 Å². The van der Waals surface area contributed by atoms with Crippen LogP contribution < -0.4 is 11.3 Å². The van der Waals surface area contributed by atoms with Crippen molar-refractivity contribution in [3.63, 3.8) is 0 Å². The molecule has 2 unspecified atom stereocenters. The van der Waals surface area contributed by atoms with Crippen molar-refractivity contribution in [3.8, 4) is 0 Å². The smallest absolute Gasteiger partial charge is 0.0391 e. The third-order valence-electron chi connectivity index (χ3n) is 3.88. The van der Waals surface area contributed by atoms with E-state index in [1.807, 2.05) is 0 Å². The lowest BCUT2D eigenvalue weighted by atomic mass is 9.95. The Morgan fingerprint density at radius 1 is 1.44 bits per heavy atom. The van der Waals surface area contributed by atoms with Crippen LogP contribution in [-0.2, 0) is 0 Å². The van der Waals surface area contributed by atoms with Gasteiger partial charge in [0.15, 0.2) is 0 Å². The highest BCUT2D eigenvalue weighted by Gasteiger charge is 2.35. The molecule has 0 spiro atoms. The van der Waals surface area contributed by atoms with Crippen molar-refractivity contribution in [2.75, 3.05) is 32.7 Å². The number of hydrogen-bond acceptors (Lipinski definition) is 4. The van der Waals surface area contributed by atoms with Crippen LogP contribution in [-0.4, -0.2) is 54.6 Å². The van der Waals surface area contributed by atoms with Crippen LogP contribution in [0.1, 0.15) is 19.8 Å². The number of piperazine rings is 3. The molecule has 4 heteroatoms. The molecule has 3 saturated heterocycles. The van der Waals surface area contributed by atoms with E-state index in [0.29, 0.717) is 12.1 Å². The van der Waals surface area contributed by atoms with Crippen LogP contribution in [0.15, 0.2) is 12.2 Å². The molecule has 0 aliphatic carbocycles. The van der Waals surface area contributed by atoms with Crippen LogP contribution in [0.25, 0.3) is 0 Å². The lowest BCUT2D eigenvalue weighted by Crippen LogP contribution is -2.67. The van der Waals surface area contributed by atoms with E-state index in [1.165, 1.54) is 38.3 Å². The molecule has 0 radical (unpaired) electrons. The number of nitrogens with two attached hydrogens (primary N) is 1. The van der Waals surface area contributed by atoms with Crippen molar-refractivity contribution < 1.29 is 0 Å². The van der Waals surface area contributed by atoms with Crippen LogP contribution in [0.4, 0.5) is 0 Å². The van der Waals surface area contributed by atoms with Crippen LogP contribution in [0, 0.1) is 0 Å². The molecule has 2 bridgehead atoms. The van der Waals surface area contributed by atoms with E-state index in [2.05, 4.69) is 28.7 Å². The van der Waals surface area contributed by atoms with E-state index in [4.69, 9.17) is 5.84 Å². The SMILES string of the molecule is C=C(C)CCC(NN)C1CN2CCN1CC2. The van der Waals surface area contributed by atoms with Gasteiger partial charge in [-0.25, -0.2) is 0 Å². The lowest BCUT2D eigenvalue weighted by Gasteiger charge is -2.50. The molecule has 3 aliphatic rings. The Balaban J connectivity index is 1.90. The van der Waals surface area contributed by atoms with Gasteiger partial charge in [-0.2, -0.15) is 0 Å². The summed E-state index contributed by atoms with van der Waals surface area (Å²) in [5, 5.41) is 0. The maximum atomic E-state index is 5.70. The van der Waals surface area contributed by atoms with Crippen molar-refractivity contribution in [1.29, 1.82) is 0 Å². The molecule has 3 aliphatic heterocycles. The molecule has 2 atom stereocenters. The molecular weight excluding hydrogens is 200 g/mol. The van der Waals surface area contributed by atoms with Crippen molar-refractivity contribution in [2.45, 2.75) is 31.8 Å². The Bertz CT molecular complexity index is 245. The summed E-state index contributed by atoms with van der Waals surface area (Å²) in [6, 6.07) is 0.992. The number of hydrogen-bond donors (Lipinski definition) is 2. The first-order chi connectivity index (χ1) is 7.70. The van der Waals surface area contributed by atoms with Crippen molar-refractivity contribution in [2.24, 2.45) is 5.84 Å². The number of allylic oxidation sites excluding steroid dienone is 1. The Hall–Kier alpha value is -0.420. The standard InChI is InChI=1S/C12H24N4/c1-10(2)3-4-11(14-13)12-9-15-5-7-16(12)8-6-15/h11-12,14H,1,3-9,13H2,2H3. The highest BCUT2D eigenvalue weighted by atomic mass is 15.4. The van der Waals surface area contributed by atoms with E-state index in [-0.39, 0.29) is 0 Å². The van der Waals surface area contributed by atoms with E-state index >= 15 is 0 Å². The van der Waals surface area contributed by atoms with Crippen LogP contribution in [0.2, 0.25) is 0 Å². The topological polar surface area (TPSA) is 44.5 Å². The van der Waals surface area contributed by atoms with Gasteiger partial charge in [-0.1, -0.05) is 5.57 Å². The monoisotopic (exact) mass is 224 g/mol. The first kappa shape index (κ1) is 12.0. The molecular formula is C12H24N4. The van der Waals surface area contributed by atoms with Crippen molar-refractivity contribution in [3.05, 3.63) is 12.2 Å². The normalized spacial score (nSPS) is 35.0. The summed E-state index contributed by atoms with van der Waals surface area (Å²) in [5.41, 5.74) is 4.25. The molecule has 0 saturated carbocycles. The van der Waals surface area contributed by atoms with Gasteiger partial charge in [-0.05, 0) is 19.8 Å². The maximum Gasteiger partial charge on any atom is 0.0391 e. The molecule has 3 N–H and O–H groups in total. The highest BCUT2D eigenvalue weighted by Crippen LogP contribution is 2.20. The average Bonchev–Trinajstić information content (AvgIpc) is 2.31. The summed E-state index contributed by atoms with van der Waals surface area (Å²) in [6.45, 7) is 12.1. The summed E-state index contributed by atoms with van der Waals surface area (Å²) in [7, 11) is 0. The van der Waals surface area contributed by atoms with Crippen LogP contribution >= 0.6 is 0 Å². The zero-order valence-corrected chi connectivity index (χ0v) is 10.3. The summed E-state index contributed by atoms with van der Waals surface area (Å²) >= 11 is 0. The second kappa shape index (κ2) is 5.27. The number of nitrogens with zero attached hydrogens (tertiary/aromatic N) is 2. The fraction of sp³-hybridized carbons (Fsp3) is 0.833. The quantitative estimate of drug-likeness (QED) is 0.397. The largest absolute Gasteiger partial charge is 0.299 e. The highest BCUT2D eigenvalue weighted by molar-refractivity contribution is 4.97. The van der Waals surface area contributed by atoms with E-state index in [0.717, 1.165) is 12.8 Å². The average molecular weight is 224 g/mol. The first-order valence-electron chi connectivity index (χ1n) is 6.27. The Morgan fingerprint density at radius 3 is 2.56 bits per heavy atom. The molecule has 4 nitrogen and oxygen atoms in total. The summed E-state index contributed by atoms with van der Waals surface area (Å²) in [5.74, 6) is 5.70. The van der Waals surface area contributed by atoms with Crippen LogP contribution in [0.3, 0.4) is 0 Å². The minimum Gasteiger partial charge on any atom is -0.299 e.